The van der Waals surface area contributed by atoms with Gasteiger partial charge in [-0.2, -0.15) is 11.8 Å². The summed E-state index contributed by atoms with van der Waals surface area (Å²) in [6.07, 6.45) is 0. The topological polar surface area (TPSA) is 44.4 Å². The van der Waals surface area contributed by atoms with Crippen molar-refractivity contribution in [3.8, 4) is 0 Å². The van der Waals surface area contributed by atoms with Crippen LogP contribution in [-0.4, -0.2) is 49.0 Å². The van der Waals surface area contributed by atoms with Crippen LogP contribution < -0.4 is 10.6 Å². The van der Waals surface area contributed by atoms with E-state index in [1.54, 1.807) is 7.05 Å². The molecule has 1 amide bonds. The fraction of sp³-hybridized carbons (Fsp3) is 0.500. The molecule has 0 spiro atoms. The van der Waals surface area contributed by atoms with E-state index in [-0.39, 0.29) is 5.91 Å². The lowest BCUT2D eigenvalue weighted by molar-refractivity contribution is -0.115. The van der Waals surface area contributed by atoms with E-state index in [1.807, 2.05) is 23.9 Å². The van der Waals surface area contributed by atoms with Crippen molar-refractivity contribution in [2.75, 3.05) is 43.5 Å². The minimum atomic E-state index is -0.00553. The van der Waals surface area contributed by atoms with Gasteiger partial charge in [-0.25, -0.2) is 0 Å². The Bertz CT molecular complexity index is 419. The number of carbonyl (C=O) groups is 1. The number of benzene rings is 1. The highest BCUT2D eigenvalue weighted by Gasteiger charge is 2.11. The molecular weight excluding hydrogens is 258 g/mol. The molecule has 0 radical (unpaired) electrons. The van der Waals surface area contributed by atoms with Crippen molar-refractivity contribution in [2.45, 2.75) is 6.54 Å². The summed E-state index contributed by atoms with van der Waals surface area (Å²) in [5.74, 6) is 2.44. The van der Waals surface area contributed by atoms with Gasteiger partial charge in [-0.1, -0.05) is 12.1 Å². The predicted molar refractivity (Wildman–Crippen MR) is 81.6 cm³/mol. The molecule has 1 saturated heterocycles. The molecule has 0 saturated carbocycles. The van der Waals surface area contributed by atoms with Gasteiger partial charge in [0.05, 0.1) is 6.54 Å². The molecule has 5 heteroatoms. The normalized spacial score (nSPS) is 16.3. The van der Waals surface area contributed by atoms with Gasteiger partial charge in [-0.05, 0) is 24.7 Å². The first-order valence-electron chi connectivity index (χ1n) is 6.61. The van der Waals surface area contributed by atoms with Gasteiger partial charge in [-0.15, -0.1) is 0 Å². The molecule has 2 rings (SSSR count). The highest BCUT2D eigenvalue weighted by molar-refractivity contribution is 7.99. The number of nitrogens with one attached hydrogen (secondary N) is 2. The van der Waals surface area contributed by atoms with Gasteiger partial charge in [0.25, 0.3) is 0 Å². The molecule has 0 atom stereocenters. The van der Waals surface area contributed by atoms with Gasteiger partial charge in [-0.3, -0.25) is 9.69 Å². The number of likely N-dealkylation sites (N-methyl/N-ethyl adjacent to an activating group) is 1. The van der Waals surface area contributed by atoms with Crippen molar-refractivity contribution >= 4 is 23.4 Å². The van der Waals surface area contributed by atoms with E-state index in [2.05, 4.69) is 27.7 Å². The summed E-state index contributed by atoms with van der Waals surface area (Å²) in [6, 6.07) is 8.12. The number of hydrogen-bond acceptors (Lipinski definition) is 4. The van der Waals surface area contributed by atoms with E-state index >= 15 is 0 Å². The van der Waals surface area contributed by atoms with Crippen LogP contribution in [0.15, 0.2) is 24.3 Å². The Morgan fingerprint density at radius 2 is 2.16 bits per heavy atom. The molecule has 1 fully saturated rings. The lowest BCUT2D eigenvalue weighted by Gasteiger charge is -2.26. The third-order valence-electron chi connectivity index (χ3n) is 3.06. The second-order valence-electron chi connectivity index (χ2n) is 4.67. The fourth-order valence-electron chi connectivity index (χ4n) is 2.13. The number of carbonyl (C=O) groups excluding carboxylic acids is 1. The maximum absolute atomic E-state index is 11.5. The first-order chi connectivity index (χ1) is 9.28. The van der Waals surface area contributed by atoms with Crippen LogP contribution in [0.2, 0.25) is 0 Å². The average molecular weight is 279 g/mol. The molecular formula is C14H21N3OS. The molecule has 0 bridgehead atoms. The van der Waals surface area contributed by atoms with Crippen LogP contribution >= 0.6 is 11.8 Å². The van der Waals surface area contributed by atoms with E-state index in [1.165, 1.54) is 17.1 Å². The predicted octanol–water partition coefficient (Wildman–Crippen LogP) is 1.39. The summed E-state index contributed by atoms with van der Waals surface area (Å²) in [4.78, 5) is 14.0. The Morgan fingerprint density at radius 3 is 2.89 bits per heavy atom. The van der Waals surface area contributed by atoms with E-state index in [9.17, 15) is 4.79 Å². The molecule has 19 heavy (non-hydrogen) atoms. The molecule has 2 N–H and O–H groups in total. The monoisotopic (exact) mass is 279 g/mol. The Labute approximate surface area is 118 Å². The van der Waals surface area contributed by atoms with Crippen molar-refractivity contribution in [1.29, 1.82) is 0 Å². The van der Waals surface area contributed by atoms with Crippen molar-refractivity contribution in [3.05, 3.63) is 29.8 Å². The number of thioether (sulfide) groups is 1. The van der Waals surface area contributed by atoms with E-state index in [0.29, 0.717) is 6.54 Å². The first kappa shape index (κ1) is 14.4. The number of rotatable bonds is 5. The van der Waals surface area contributed by atoms with Gasteiger partial charge < -0.3 is 10.6 Å². The lowest BCUT2D eigenvalue weighted by Crippen LogP contribution is -2.32. The molecule has 0 aliphatic carbocycles. The van der Waals surface area contributed by atoms with Crippen LogP contribution in [0.5, 0.6) is 0 Å². The van der Waals surface area contributed by atoms with Gasteiger partial charge >= 0.3 is 0 Å². The Balaban J connectivity index is 1.92. The van der Waals surface area contributed by atoms with Crippen LogP contribution in [-0.2, 0) is 11.3 Å². The standard InChI is InChI=1S/C14H21N3OS/c1-15-10-14(18)16-13-4-2-3-12(9-13)11-17-5-7-19-8-6-17/h2-4,9,15H,5-8,10-11H2,1H3,(H,16,18). The summed E-state index contributed by atoms with van der Waals surface area (Å²) in [5.41, 5.74) is 2.14. The molecule has 1 aromatic carbocycles. The highest BCUT2D eigenvalue weighted by Crippen LogP contribution is 2.15. The van der Waals surface area contributed by atoms with Crippen LogP contribution in [0.25, 0.3) is 0 Å². The Kier molecular flexibility index (Phi) is 5.69. The minimum Gasteiger partial charge on any atom is -0.325 e. The number of amides is 1. The molecule has 0 aromatic heterocycles. The SMILES string of the molecule is CNCC(=O)Nc1cccc(CN2CCSCC2)c1. The summed E-state index contributed by atoms with van der Waals surface area (Å²) >= 11 is 2.02. The summed E-state index contributed by atoms with van der Waals surface area (Å²) in [6.45, 7) is 3.62. The summed E-state index contributed by atoms with van der Waals surface area (Å²) in [7, 11) is 1.77. The lowest BCUT2D eigenvalue weighted by atomic mass is 10.2. The van der Waals surface area contributed by atoms with Crippen LogP contribution in [0, 0.1) is 0 Å². The Hall–Kier alpha value is -1.04. The van der Waals surface area contributed by atoms with Gasteiger partial charge in [0.1, 0.15) is 0 Å². The third kappa shape index (κ3) is 4.86. The van der Waals surface area contributed by atoms with E-state index in [4.69, 9.17) is 0 Å². The zero-order chi connectivity index (χ0) is 13.5. The van der Waals surface area contributed by atoms with Crippen molar-refractivity contribution in [1.82, 2.24) is 10.2 Å². The summed E-state index contributed by atoms with van der Waals surface area (Å²) in [5, 5.41) is 5.74. The molecule has 1 heterocycles. The van der Waals surface area contributed by atoms with Crippen LogP contribution in [0.1, 0.15) is 5.56 Å². The number of anilines is 1. The third-order valence-corrected chi connectivity index (χ3v) is 4.00. The average Bonchev–Trinajstić information content (AvgIpc) is 2.40. The van der Waals surface area contributed by atoms with Crippen LogP contribution in [0.3, 0.4) is 0 Å². The van der Waals surface area contributed by atoms with Gasteiger partial charge in [0, 0.05) is 36.8 Å². The minimum absolute atomic E-state index is 0.00553. The van der Waals surface area contributed by atoms with Crippen molar-refractivity contribution in [2.24, 2.45) is 0 Å². The number of nitrogens with zero attached hydrogens (tertiary/aromatic N) is 1. The second-order valence-corrected chi connectivity index (χ2v) is 5.89. The largest absolute Gasteiger partial charge is 0.325 e. The smallest absolute Gasteiger partial charge is 0.238 e. The first-order valence-corrected chi connectivity index (χ1v) is 7.77. The molecule has 1 aromatic rings. The van der Waals surface area contributed by atoms with Gasteiger partial charge in [0.15, 0.2) is 0 Å². The molecule has 1 aliphatic heterocycles. The highest BCUT2D eigenvalue weighted by atomic mass is 32.2. The molecule has 104 valence electrons. The van der Waals surface area contributed by atoms with Crippen molar-refractivity contribution in [3.63, 3.8) is 0 Å². The molecule has 1 aliphatic rings. The molecule has 4 nitrogen and oxygen atoms in total. The fourth-order valence-corrected chi connectivity index (χ4v) is 3.11. The van der Waals surface area contributed by atoms with Gasteiger partial charge in [0.2, 0.25) is 5.91 Å². The van der Waals surface area contributed by atoms with Crippen molar-refractivity contribution < 1.29 is 4.79 Å². The second kappa shape index (κ2) is 7.53. The zero-order valence-corrected chi connectivity index (χ0v) is 12.1. The summed E-state index contributed by atoms with van der Waals surface area (Å²) < 4.78 is 0. The maximum atomic E-state index is 11.5. The number of hydrogen-bond donors (Lipinski definition) is 2. The maximum Gasteiger partial charge on any atom is 0.238 e. The van der Waals surface area contributed by atoms with E-state index < -0.39 is 0 Å². The zero-order valence-electron chi connectivity index (χ0n) is 11.3. The quantitative estimate of drug-likeness (QED) is 0.855. The van der Waals surface area contributed by atoms with Crippen LogP contribution in [0.4, 0.5) is 5.69 Å². The Morgan fingerprint density at radius 1 is 1.37 bits per heavy atom. The van der Waals surface area contributed by atoms with E-state index in [0.717, 1.165) is 25.3 Å². The molecule has 0 unspecified atom stereocenters.